The largest absolute Gasteiger partial charge is 0.480 e. The summed E-state index contributed by atoms with van der Waals surface area (Å²) in [6.45, 7) is 7.99. The Hall–Kier alpha value is -2.98. The Morgan fingerprint density at radius 2 is 1.53 bits per heavy atom. The highest BCUT2D eigenvalue weighted by Gasteiger charge is 2.30. The maximum atomic E-state index is 12.9. The van der Waals surface area contributed by atoms with Crippen molar-refractivity contribution in [1.82, 2.24) is 16.0 Å². The summed E-state index contributed by atoms with van der Waals surface area (Å²) < 4.78 is 0. The number of rotatable bonds is 18. The summed E-state index contributed by atoms with van der Waals surface area (Å²) >= 11 is 0. The van der Waals surface area contributed by atoms with E-state index in [1.165, 1.54) is 0 Å². The number of benzene rings is 1. The number of aliphatic carboxylic acids is 1. The van der Waals surface area contributed by atoms with Crippen molar-refractivity contribution >= 4 is 23.7 Å². The molecule has 10 nitrogen and oxygen atoms in total. The summed E-state index contributed by atoms with van der Waals surface area (Å²) in [5.41, 5.74) is 0.841. The molecule has 0 bridgehead atoms. The molecular formula is C28H45N3O7. The predicted octanol–water partition coefficient (Wildman–Crippen LogP) is 1.63. The van der Waals surface area contributed by atoms with Crippen LogP contribution >= 0.6 is 0 Å². The van der Waals surface area contributed by atoms with Crippen LogP contribution in [0.2, 0.25) is 0 Å². The summed E-state index contributed by atoms with van der Waals surface area (Å²) in [5.74, 6) is -2.96. The molecule has 0 unspecified atom stereocenters. The summed E-state index contributed by atoms with van der Waals surface area (Å²) in [7, 11) is 0. The highest BCUT2D eigenvalue weighted by atomic mass is 16.4. The Kier molecular flexibility index (Phi) is 15.2. The third-order valence-electron chi connectivity index (χ3n) is 6.02. The second kappa shape index (κ2) is 17.5. The molecule has 1 aromatic carbocycles. The summed E-state index contributed by atoms with van der Waals surface area (Å²) in [6, 6.07) is 6.97. The van der Waals surface area contributed by atoms with E-state index in [-0.39, 0.29) is 43.6 Å². The van der Waals surface area contributed by atoms with E-state index in [9.17, 15) is 34.5 Å². The van der Waals surface area contributed by atoms with Crippen molar-refractivity contribution < 1.29 is 34.5 Å². The summed E-state index contributed by atoms with van der Waals surface area (Å²) in [6.07, 6.45) is -0.424. The highest BCUT2D eigenvalue weighted by Crippen LogP contribution is 2.19. The van der Waals surface area contributed by atoms with E-state index in [1.54, 1.807) is 0 Å². The summed E-state index contributed by atoms with van der Waals surface area (Å²) in [5, 5.41) is 38.0. The smallest absolute Gasteiger partial charge is 0.326 e. The zero-order valence-electron chi connectivity index (χ0n) is 23.0. The van der Waals surface area contributed by atoms with Crippen LogP contribution in [-0.4, -0.2) is 70.3 Å². The Balaban J connectivity index is 3.02. The molecule has 0 heterocycles. The molecule has 0 spiro atoms. The highest BCUT2D eigenvalue weighted by molar-refractivity contribution is 5.88. The van der Waals surface area contributed by atoms with E-state index >= 15 is 0 Å². The molecule has 0 radical (unpaired) electrons. The molecule has 0 aliphatic rings. The van der Waals surface area contributed by atoms with Crippen LogP contribution in [0, 0.1) is 17.8 Å². The van der Waals surface area contributed by atoms with Crippen LogP contribution in [-0.2, 0) is 25.6 Å². The second-order valence-corrected chi connectivity index (χ2v) is 10.6. The Bertz CT molecular complexity index is 876. The van der Waals surface area contributed by atoms with Crippen molar-refractivity contribution in [2.75, 3.05) is 13.2 Å². The minimum Gasteiger partial charge on any atom is -0.480 e. The lowest BCUT2D eigenvalue weighted by molar-refractivity contribution is -0.143. The van der Waals surface area contributed by atoms with Gasteiger partial charge in [0.25, 0.3) is 0 Å². The van der Waals surface area contributed by atoms with Gasteiger partial charge in [0.05, 0.1) is 18.6 Å². The molecule has 3 amide bonds. The maximum Gasteiger partial charge on any atom is 0.326 e. The molecule has 0 aromatic heterocycles. The Morgan fingerprint density at radius 1 is 0.895 bits per heavy atom. The molecular weight excluding hydrogens is 490 g/mol. The molecule has 0 fully saturated rings. The number of aliphatic hydroxyl groups is 2. The zero-order valence-corrected chi connectivity index (χ0v) is 23.0. The first-order valence-corrected chi connectivity index (χ1v) is 13.3. The molecule has 1 rings (SSSR count). The van der Waals surface area contributed by atoms with E-state index in [0.29, 0.717) is 19.4 Å². The van der Waals surface area contributed by atoms with E-state index < -0.39 is 48.3 Å². The van der Waals surface area contributed by atoms with Crippen molar-refractivity contribution in [3.63, 3.8) is 0 Å². The van der Waals surface area contributed by atoms with Gasteiger partial charge in [-0.15, -0.1) is 0 Å². The molecule has 0 aliphatic heterocycles. The first-order chi connectivity index (χ1) is 17.9. The average Bonchev–Trinajstić information content (AvgIpc) is 2.84. The summed E-state index contributed by atoms with van der Waals surface area (Å²) in [4.78, 5) is 49.5. The molecule has 38 heavy (non-hydrogen) atoms. The third-order valence-corrected chi connectivity index (χ3v) is 6.02. The van der Waals surface area contributed by atoms with Gasteiger partial charge in [-0.25, -0.2) is 4.79 Å². The lowest BCUT2D eigenvalue weighted by Gasteiger charge is -2.28. The quantitative estimate of drug-likeness (QED) is 0.166. The van der Waals surface area contributed by atoms with Crippen LogP contribution in [0.15, 0.2) is 30.3 Å². The number of carboxylic acid groups (broad SMARTS) is 1. The lowest BCUT2D eigenvalue weighted by Crippen LogP contribution is -2.50. The fourth-order valence-electron chi connectivity index (χ4n) is 4.03. The van der Waals surface area contributed by atoms with E-state index in [1.807, 2.05) is 58.0 Å². The maximum absolute atomic E-state index is 12.9. The first-order valence-electron chi connectivity index (χ1n) is 13.3. The van der Waals surface area contributed by atoms with Crippen LogP contribution < -0.4 is 16.0 Å². The SMILES string of the molecule is CC(C)CNC(=O)[C@H](CCCO)C[C@H](O)[C@H](Cc1ccccc1)NC(=O)C[C@H](NC(=O)CC(C)C)C(=O)O. The van der Waals surface area contributed by atoms with Gasteiger partial charge >= 0.3 is 5.97 Å². The van der Waals surface area contributed by atoms with Crippen molar-refractivity contribution in [2.45, 2.75) is 84.4 Å². The van der Waals surface area contributed by atoms with E-state index in [2.05, 4.69) is 16.0 Å². The molecule has 10 heteroatoms. The van der Waals surface area contributed by atoms with Gasteiger partial charge in [-0.1, -0.05) is 58.0 Å². The molecule has 214 valence electrons. The minimum atomic E-state index is -1.41. The van der Waals surface area contributed by atoms with Crippen molar-refractivity contribution in [2.24, 2.45) is 17.8 Å². The van der Waals surface area contributed by atoms with Crippen LogP contribution in [0.3, 0.4) is 0 Å². The second-order valence-electron chi connectivity index (χ2n) is 10.6. The van der Waals surface area contributed by atoms with Crippen LogP contribution in [0.4, 0.5) is 0 Å². The molecule has 0 saturated carbocycles. The fourth-order valence-corrected chi connectivity index (χ4v) is 4.03. The minimum absolute atomic E-state index is 0.0280. The molecule has 4 atom stereocenters. The number of hydrogen-bond acceptors (Lipinski definition) is 6. The van der Waals surface area contributed by atoms with Gasteiger partial charge < -0.3 is 31.3 Å². The van der Waals surface area contributed by atoms with Gasteiger partial charge in [-0.05, 0) is 43.1 Å². The standard InChI is InChI=1S/C28H45N3O7/c1-18(2)13-25(34)31-23(28(37)38)16-26(35)30-22(14-20-9-6-5-7-10-20)24(33)15-21(11-8-12-32)27(36)29-17-19(3)4/h5-7,9-10,18-19,21-24,32-33H,8,11-17H2,1-4H3,(H,29,36)(H,30,35)(H,31,34)(H,37,38)/t21-,22+,23+,24+/m1/s1. The average molecular weight is 536 g/mol. The number of carbonyl (C=O) groups excluding carboxylic acids is 3. The van der Waals surface area contributed by atoms with E-state index in [0.717, 1.165) is 5.56 Å². The van der Waals surface area contributed by atoms with Gasteiger partial charge in [0, 0.05) is 25.5 Å². The van der Waals surface area contributed by atoms with Gasteiger partial charge in [0.1, 0.15) is 6.04 Å². The first kappa shape index (κ1) is 33.0. The monoisotopic (exact) mass is 535 g/mol. The predicted molar refractivity (Wildman–Crippen MR) is 144 cm³/mol. The van der Waals surface area contributed by atoms with Gasteiger partial charge in [0.2, 0.25) is 17.7 Å². The fraction of sp³-hybridized carbons (Fsp3) is 0.643. The van der Waals surface area contributed by atoms with Crippen molar-refractivity contribution in [1.29, 1.82) is 0 Å². The van der Waals surface area contributed by atoms with Gasteiger partial charge in [0.15, 0.2) is 0 Å². The Labute approximate surface area is 225 Å². The molecule has 0 aliphatic carbocycles. The third kappa shape index (κ3) is 13.5. The van der Waals surface area contributed by atoms with E-state index in [4.69, 9.17) is 0 Å². The van der Waals surface area contributed by atoms with Gasteiger partial charge in [-0.2, -0.15) is 0 Å². The van der Waals surface area contributed by atoms with Crippen LogP contribution in [0.25, 0.3) is 0 Å². The molecule has 6 N–H and O–H groups in total. The van der Waals surface area contributed by atoms with Crippen LogP contribution in [0.1, 0.15) is 65.4 Å². The number of nitrogens with one attached hydrogen (secondary N) is 3. The molecule has 1 aromatic rings. The van der Waals surface area contributed by atoms with Crippen LogP contribution in [0.5, 0.6) is 0 Å². The van der Waals surface area contributed by atoms with Crippen molar-refractivity contribution in [3.05, 3.63) is 35.9 Å². The Morgan fingerprint density at radius 3 is 2.08 bits per heavy atom. The number of carboxylic acids is 1. The number of amides is 3. The topological polar surface area (TPSA) is 165 Å². The number of hydrogen-bond donors (Lipinski definition) is 6. The van der Waals surface area contributed by atoms with Crippen molar-refractivity contribution in [3.8, 4) is 0 Å². The molecule has 0 saturated heterocycles. The number of aliphatic hydroxyl groups excluding tert-OH is 2. The lowest BCUT2D eigenvalue weighted by atomic mass is 9.89. The normalized spacial score (nSPS) is 14.4. The zero-order chi connectivity index (χ0) is 28.7. The van der Waals surface area contributed by atoms with Gasteiger partial charge in [-0.3, -0.25) is 14.4 Å². The number of carbonyl (C=O) groups is 4.